The van der Waals surface area contributed by atoms with Gasteiger partial charge in [-0.25, -0.2) is 0 Å². The highest BCUT2D eigenvalue weighted by Gasteiger charge is 2.09. The molecular formula is C12H20N6O. The van der Waals surface area contributed by atoms with Crippen molar-refractivity contribution in [1.29, 1.82) is 0 Å². The SMILES string of the molecule is CCCNc1nc(NCCC(C)O)c2cn[nH]c2n1. The van der Waals surface area contributed by atoms with Gasteiger partial charge in [0.1, 0.15) is 5.82 Å². The van der Waals surface area contributed by atoms with Crippen molar-refractivity contribution in [3.8, 4) is 0 Å². The standard InChI is InChI=1S/C12H20N6O/c1-3-5-14-12-16-10(13-6-4-8(2)19)9-7-15-18-11(9)17-12/h7-8,19H,3-6H2,1-2H3,(H3,13,14,15,16,17,18). The summed E-state index contributed by atoms with van der Waals surface area (Å²) in [5.41, 5.74) is 0.702. The molecule has 0 spiro atoms. The highest BCUT2D eigenvalue weighted by molar-refractivity contribution is 5.86. The van der Waals surface area contributed by atoms with Gasteiger partial charge in [0, 0.05) is 13.1 Å². The number of nitrogens with one attached hydrogen (secondary N) is 3. The molecule has 1 unspecified atom stereocenters. The van der Waals surface area contributed by atoms with Gasteiger partial charge >= 0.3 is 0 Å². The molecule has 0 aromatic carbocycles. The third-order valence-electron chi connectivity index (χ3n) is 2.70. The summed E-state index contributed by atoms with van der Waals surface area (Å²) in [5.74, 6) is 1.32. The lowest BCUT2D eigenvalue weighted by Crippen LogP contribution is -2.12. The molecule has 0 amide bonds. The lowest BCUT2D eigenvalue weighted by atomic mass is 10.3. The zero-order valence-electron chi connectivity index (χ0n) is 11.3. The van der Waals surface area contributed by atoms with Gasteiger partial charge in [-0.2, -0.15) is 15.1 Å². The molecule has 2 aromatic rings. The van der Waals surface area contributed by atoms with E-state index in [2.05, 4.69) is 37.7 Å². The Bertz CT molecular complexity index is 524. The lowest BCUT2D eigenvalue weighted by Gasteiger charge is -2.10. The van der Waals surface area contributed by atoms with E-state index in [1.165, 1.54) is 0 Å². The summed E-state index contributed by atoms with van der Waals surface area (Å²) in [6.07, 6.45) is 3.05. The first-order valence-corrected chi connectivity index (χ1v) is 6.57. The Labute approximate surface area is 111 Å². The monoisotopic (exact) mass is 264 g/mol. The average molecular weight is 264 g/mol. The molecule has 0 fully saturated rings. The van der Waals surface area contributed by atoms with E-state index in [9.17, 15) is 5.11 Å². The topological polar surface area (TPSA) is 98.8 Å². The number of hydrogen-bond donors (Lipinski definition) is 4. The van der Waals surface area contributed by atoms with Gasteiger partial charge in [-0.1, -0.05) is 6.92 Å². The first-order chi connectivity index (χ1) is 9.20. The van der Waals surface area contributed by atoms with Gasteiger partial charge in [0.2, 0.25) is 5.95 Å². The number of hydrogen-bond acceptors (Lipinski definition) is 6. The summed E-state index contributed by atoms with van der Waals surface area (Å²) in [7, 11) is 0. The minimum atomic E-state index is -0.327. The van der Waals surface area contributed by atoms with Crippen LogP contribution in [0.4, 0.5) is 11.8 Å². The molecule has 1 atom stereocenters. The number of H-pyrrole nitrogens is 1. The van der Waals surface area contributed by atoms with Gasteiger partial charge in [0.15, 0.2) is 5.65 Å². The molecule has 0 radical (unpaired) electrons. The van der Waals surface area contributed by atoms with E-state index in [0.29, 0.717) is 24.6 Å². The van der Waals surface area contributed by atoms with Gasteiger partial charge in [0.25, 0.3) is 0 Å². The zero-order valence-corrected chi connectivity index (χ0v) is 11.3. The number of aliphatic hydroxyl groups excluding tert-OH is 1. The Morgan fingerprint density at radius 1 is 1.32 bits per heavy atom. The molecule has 0 saturated heterocycles. The van der Waals surface area contributed by atoms with Crippen LogP contribution in [0.2, 0.25) is 0 Å². The molecule has 2 heterocycles. The Balaban J connectivity index is 2.16. The van der Waals surface area contributed by atoms with E-state index in [-0.39, 0.29) is 6.10 Å². The molecule has 4 N–H and O–H groups in total. The number of fused-ring (bicyclic) bond motifs is 1. The highest BCUT2D eigenvalue weighted by atomic mass is 16.3. The third-order valence-corrected chi connectivity index (χ3v) is 2.70. The predicted octanol–water partition coefficient (Wildman–Crippen LogP) is 1.36. The van der Waals surface area contributed by atoms with Crippen LogP contribution in [0.1, 0.15) is 26.7 Å². The summed E-state index contributed by atoms with van der Waals surface area (Å²) in [5, 5.41) is 23.3. The molecule has 0 saturated carbocycles. The van der Waals surface area contributed by atoms with Crippen molar-refractivity contribution in [2.24, 2.45) is 0 Å². The van der Waals surface area contributed by atoms with Crippen LogP contribution < -0.4 is 10.6 Å². The van der Waals surface area contributed by atoms with Gasteiger partial charge in [0.05, 0.1) is 17.7 Å². The maximum absolute atomic E-state index is 9.27. The molecule has 19 heavy (non-hydrogen) atoms. The third kappa shape index (κ3) is 3.54. The quantitative estimate of drug-likeness (QED) is 0.602. The van der Waals surface area contributed by atoms with E-state index in [1.54, 1.807) is 13.1 Å². The van der Waals surface area contributed by atoms with Crippen LogP contribution in [0, 0.1) is 0 Å². The number of rotatable bonds is 7. The van der Waals surface area contributed by atoms with E-state index in [4.69, 9.17) is 0 Å². The first kappa shape index (κ1) is 13.5. The molecule has 104 valence electrons. The number of aromatic nitrogens is 4. The number of aromatic amines is 1. The average Bonchev–Trinajstić information content (AvgIpc) is 2.84. The zero-order chi connectivity index (χ0) is 13.7. The smallest absolute Gasteiger partial charge is 0.226 e. The number of aliphatic hydroxyl groups is 1. The van der Waals surface area contributed by atoms with E-state index >= 15 is 0 Å². The molecule has 7 nitrogen and oxygen atoms in total. The molecule has 0 aliphatic carbocycles. The molecule has 0 bridgehead atoms. The van der Waals surface area contributed by atoms with Crippen molar-refractivity contribution in [2.75, 3.05) is 23.7 Å². The second-order valence-corrected chi connectivity index (χ2v) is 4.52. The fourth-order valence-corrected chi connectivity index (χ4v) is 1.68. The molecule has 0 aliphatic rings. The van der Waals surface area contributed by atoms with Gasteiger partial charge in [-0.05, 0) is 19.8 Å². The van der Waals surface area contributed by atoms with E-state index in [1.807, 2.05) is 0 Å². The molecule has 2 rings (SSSR count). The van der Waals surface area contributed by atoms with Crippen molar-refractivity contribution in [3.63, 3.8) is 0 Å². The van der Waals surface area contributed by atoms with Crippen LogP contribution in [0.25, 0.3) is 11.0 Å². The highest BCUT2D eigenvalue weighted by Crippen LogP contribution is 2.19. The fourth-order valence-electron chi connectivity index (χ4n) is 1.68. The van der Waals surface area contributed by atoms with Crippen LogP contribution in [-0.4, -0.2) is 44.5 Å². The van der Waals surface area contributed by atoms with Crippen molar-refractivity contribution in [3.05, 3.63) is 6.20 Å². The predicted molar refractivity (Wildman–Crippen MR) is 75.3 cm³/mol. The lowest BCUT2D eigenvalue weighted by molar-refractivity contribution is 0.188. The second kappa shape index (κ2) is 6.33. The van der Waals surface area contributed by atoms with Crippen LogP contribution in [0.3, 0.4) is 0 Å². The minimum absolute atomic E-state index is 0.327. The normalized spacial score (nSPS) is 12.6. The maximum atomic E-state index is 9.27. The van der Waals surface area contributed by atoms with Gasteiger partial charge in [-0.15, -0.1) is 0 Å². The first-order valence-electron chi connectivity index (χ1n) is 6.57. The molecular weight excluding hydrogens is 244 g/mol. The summed E-state index contributed by atoms with van der Waals surface area (Å²) in [4.78, 5) is 8.78. The second-order valence-electron chi connectivity index (χ2n) is 4.52. The van der Waals surface area contributed by atoms with Crippen LogP contribution in [-0.2, 0) is 0 Å². The van der Waals surface area contributed by atoms with Crippen LogP contribution in [0.5, 0.6) is 0 Å². The van der Waals surface area contributed by atoms with Crippen molar-refractivity contribution >= 4 is 22.8 Å². The largest absolute Gasteiger partial charge is 0.393 e. The molecule has 2 aromatic heterocycles. The van der Waals surface area contributed by atoms with E-state index in [0.717, 1.165) is 24.2 Å². The summed E-state index contributed by atoms with van der Waals surface area (Å²) >= 11 is 0. The Kier molecular flexibility index (Phi) is 4.51. The summed E-state index contributed by atoms with van der Waals surface area (Å²) in [6.45, 7) is 5.34. The number of nitrogens with zero attached hydrogens (tertiary/aromatic N) is 3. The number of anilines is 2. The molecule has 0 aliphatic heterocycles. The van der Waals surface area contributed by atoms with Crippen molar-refractivity contribution in [2.45, 2.75) is 32.8 Å². The summed E-state index contributed by atoms with van der Waals surface area (Å²) in [6, 6.07) is 0. The van der Waals surface area contributed by atoms with Crippen LogP contribution in [0.15, 0.2) is 6.20 Å². The van der Waals surface area contributed by atoms with Gasteiger partial charge < -0.3 is 15.7 Å². The Morgan fingerprint density at radius 3 is 2.89 bits per heavy atom. The van der Waals surface area contributed by atoms with Crippen molar-refractivity contribution in [1.82, 2.24) is 20.2 Å². The Morgan fingerprint density at radius 2 is 2.16 bits per heavy atom. The van der Waals surface area contributed by atoms with E-state index < -0.39 is 0 Å². The van der Waals surface area contributed by atoms with Crippen LogP contribution >= 0.6 is 0 Å². The maximum Gasteiger partial charge on any atom is 0.226 e. The minimum Gasteiger partial charge on any atom is -0.393 e. The molecule has 7 heteroatoms. The Hall–Kier alpha value is -1.89. The summed E-state index contributed by atoms with van der Waals surface area (Å²) < 4.78 is 0. The van der Waals surface area contributed by atoms with Crippen molar-refractivity contribution < 1.29 is 5.11 Å². The fraction of sp³-hybridized carbons (Fsp3) is 0.583. The van der Waals surface area contributed by atoms with Gasteiger partial charge in [-0.3, -0.25) is 5.10 Å².